The van der Waals surface area contributed by atoms with Crippen LogP contribution in [0.1, 0.15) is 12.8 Å². The maximum absolute atomic E-state index is 5.42. The average molecular weight is 249 g/mol. The van der Waals surface area contributed by atoms with Crippen molar-refractivity contribution in [2.45, 2.75) is 12.8 Å². The third-order valence-corrected chi connectivity index (χ3v) is 2.18. The summed E-state index contributed by atoms with van der Waals surface area (Å²) in [5, 5.41) is 3.29. The molecule has 0 unspecified atom stereocenters. The van der Waals surface area contributed by atoms with Crippen LogP contribution in [0, 0.1) is 0 Å². The fraction of sp³-hybridized carbons (Fsp3) is 1.00. The summed E-state index contributed by atoms with van der Waals surface area (Å²) in [5.41, 5.74) is 0. The third-order valence-electron chi connectivity index (χ3n) is 2.18. The SMILES string of the molecule is COCCNCCCCOCCOCCOC. The van der Waals surface area contributed by atoms with Gasteiger partial charge in [-0.3, -0.25) is 0 Å². The highest BCUT2D eigenvalue weighted by molar-refractivity contribution is 4.47. The number of nitrogens with one attached hydrogen (secondary N) is 1. The summed E-state index contributed by atoms with van der Waals surface area (Å²) in [6, 6.07) is 0. The molecule has 0 aromatic heterocycles. The zero-order valence-electron chi connectivity index (χ0n) is 11.2. The Labute approximate surface area is 105 Å². The molecular formula is C12H27NO4. The quantitative estimate of drug-likeness (QED) is 0.459. The second-order valence-electron chi connectivity index (χ2n) is 3.67. The summed E-state index contributed by atoms with van der Waals surface area (Å²) in [6.45, 7) is 6.13. The molecule has 0 atom stereocenters. The van der Waals surface area contributed by atoms with Gasteiger partial charge in [-0.1, -0.05) is 0 Å². The maximum Gasteiger partial charge on any atom is 0.0701 e. The Morgan fingerprint density at radius 2 is 1.29 bits per heavy atom. The lowest BCUT2D eigenvalue weighted by Crippen LogP contribution is -2.20. The van der Waals surface area contributed by atoms with Gasteiger partial charge in [0.25, 0.3) is 0 Å². The highest BCUT2D eigenvalue weighted by Gasteiger charge is 1.91. The summed E-state index contributed by atoms with van der Waals surface area (Å²) >= 11 is 0. The van der Waals surface area contributed by atoms with Crippen molar-refractivity contribution in [2.24, 2.45) is 0 Å². The molecule has 0 rings (SSSR count). The van der Waals surface area contributed by atoms with Crippen LogP contribution in [0.3, 0.4) is 0 Å². The smallest absolute Gasteiger partial charge is 0.0701 e. The van der Waals surface area contributed by atoms with Gasteiger partial charge in [-0.25, -0.2) is 0 Å². The second kappa shape index (κ2) is 15.8. The van der Waals surface area contributed by atoms with Crippen molar-refractivity contribution in [2.75, 3.05) is 67.0 Å². The van der Waals surface area contributed by atoms with E-state index in [0.29, 0.717) is 26.4 Å². The normalized spacial score (nSPS) is 10.9. The van der Waals surface area contributed by atoms with Crippen LogP contribution >= 0.6 is 0 Å². The van der Waals surface area contributed by atoms with Crippen molar-refractivity contribution in [1.82, 2.24) is 5.32 Å². The van der Waals surface area contributed by atoms with Crippen LogP contribution in [0.4, 0.5) is 0 Å². The first kappa shape index (κ1) is 16.8. The molecule has 17 heavy (non-hydrogen) atoms. The molecule has 0 bridgehead atoms. The van der Waals surface area contributed by atoms with Crippen LogP contribution < -0.4 is 5.32 Å². The first-order valence-corrected chi connectivity index (χ1v) is 6.26. The van der Waals surface area contributed by atoms with Gasteiger partial charge in [-0.05, 0) is 19.4 Å². The van der Waals surface area contributed by atoms with E-state index in [2.05, 4.69) is 5.32 Å². The van der Waals surface area contributed by atoms with E-state index in [4.69, 9.17) is 18.9 Å². The highest BCUT2D eigenvalue weighted by Crippen LogP contribution is 1.89. The molecule has 0 radical (unpaired) electrons. The van der Waals surface area contributed by atoms with Crippen molar-refractivity contribution in [3.8, 4) is 0 Å². The summed E-state index contributed by atoms with van der Waals surface area (Å²) in [7, 11) is 3.38. The minimum absolute atomic E-state index is 0.642. The van der Waals surface area contributed by atoms with Crippen molar-refractivity contribution < 1.29 is 18.9 Å². The van der Waals surface area contributed by atoms with E-state index in [1.165, 1.54) is 0 Å². The molecule has 0 heterocycles. The molecule has 0 aromatic rings. The molecule has 0 aliphatic heterocycles. The van der Waals surface area contributed by atoms with Crippen molar-refractivity contribution in [1.29, 1.82) is 0 Å². The Morgan fingerprint density at radius 1 is 0.647 bits per heavy atom. The first-order chi connectivity index (χ1) is 8.41. The van der Waals surface area contributed by atoms with Crippen LogP contribution in [0.15, 0.2) is 0 Å². The van der Waals surface area contributed by atoms with Crippen LogP contribution in [-0.4, -0.2) is 67.0 Å². The average Bonchev–Trinajstić information content (AvgIpc) is 2.35. The van der Waals surface area contributed by atoms with Gasteiger partial charge in [-0.2, -0.15) is 0 Å². The molecule has 0 saturated carbocycles. The summed E-state index contributed by atoms with van der Waals surface area (Å²) < 4.78 is 20.5. The molecule has 0 aromatic carbocycles. The number of unbranched alkanes of at least 4 members (excludes halogenated alkanes) is 1. The Morgan fingerprint density at radius 3 is 2.00 bits per heavy atom. The van der Waals surface area contributed by atoms with Gasteiger partial charge in [0.1, 0.15) is 0 Å². The Balaban J connectivity index is 2.85. The van der Waals surface area contributed by atoms with E-state index >= 15 is 0 Å². The summed E-state index contributed by atoms with van der Waals surface area (Å²) in [6.07, 6.45) is 2.21. The molecular weight excluding hydrogens is 222 g/mol. The van der Waals surface area contributed by atoms with Crippen LogP contribution in [0.2, 0.25) is 0 Å². The molecule has 5 nitrogen and oxygen atoms in total. The van der Waals surface area contributed by atoms with E-state index in [1.54, 1.807) is 14.2 Å². The molecule has 0 saturated heterocycles. The fourth-order valence-electron chi connectivity index (χ4n) is 1.22. The van der Waals surface area contributed by atoms with Crippen LogP contribution in [0.25, 0.3) is 0 Å². The van der Waals surface area contributed by atoms with Crippen molar-refractivity contribution in [3.05, 3.63) is 0 Å². The van der Waals surface area contributed by atoms with Crippen molar-refractivity contribution >= 4 is 0 Å². The number of ether oxygens (including phenoxy) is 4. The van der Waals surface area contributed by atoms with E-state index in [0.717, 1.165) is 39.1 Å². The van der Waals surface area contributed by atoms with Gasteiger partial charge in [-0.15, -0.1) is 0 Å². The lowest BCUT2D eigenvalue weighted by atomic mass is 10.3. The highest BCUT2D eigenvalue weighted by atomic mass is 16.5. The monoisotopic (exact) mass is 249 g/mol. The van der Waals surface area contributed by atoms with Crippen molar-refractivity contribution in [3.63, 3.8) is 0 Å². The maximum atomic E-state index is 5.42. The van der Waals surface area contributed by atoms with Gasteiger partial charge in [0, 0.05) is 27.4 Å². The minimum atomic E-state index is 0.642. The topological polar surface area (TPSA) is 49.0 Å². The predicted molar refractivity (Wildman–Crippen MR) is 67.5 cm³/mol. The Bertz CT molecular complexity index is 122. The Kier molecular flexibility index (Phi) is 15.6. The summed E-state index contributed by atoms with van der Waals surface area (Å²) in [4.78, 5) is 0. The van der Waals surface area contributed by atoms with Crippen LogP contribution in [-0.2, 0) is 18.9 Å². The Hall–Kier alpha value is -0.200. The minimum Gasteiger partial charge on any atom is -0.383 e. The van der Waals surface area contributed by atoms with E-state index in [-0.39, 0.29) is 0 Å². The molecule has 0 aliphatic carbocycles. The van der Waals surface area contributed by atoms with Gasteiger partial charge in [0.05, 0.1) is 33.0 Å². The molecule has 1 N–H and O–H groups in total. The zero-order valence-corrected chi connectivity index (χ0v) is 11.2. The number of methoxy groups -OCH3 is 2. The fourth-order valence-corrected chi connectivity index (χ4v) is 1.22. The van der Waals surface area contributed by atoms with E-state index < -0.39 is 0 Å². The van der Waals surface area contributed by atoms with Gasteiger partial charge in [0.2, 0.25) is 0 Å². The number of rotatable bonds is 14. The van der Waals surface area contributed by atoms with E-state index in [1.807, 2.05) is 0 Å². The van der Waals surface area contributed by atoms with Gasteiger partial charge >= 0.3 is 0 Å². The lowest BCUT2D eigenvalue weighted by molar-refractivity contribution is 0.0240. The number of hydrogen-bond donors (Lipinski definition) is 1. The molecule has 104 valence electrons. The second-order valence-corrected chi connectivity index (χ2v) is 3.67. The largest absolute Gasteiger partial charge is 0.383 e. The van der Waals surface area contributed by atoms with Gasteiger partial charge < -0.3 is 24.3 Å². The van der Waals surface area contributed by atoms with E-state index in [9.17, 15) is 0 Å². The van der Waals surface area contributed by atoms with Crippen LogP contribution in [0.5, 0.6) is 0 Å². The molecule has 0 spiro atoms. The molecule has 0 amide bonds. The predicted octanol–water partition coefficient (Wildman–Crippen LogP) is 0.682. The summed E-state index contributed by atoms with van der Waals surface area (Å²) in [5.74, 6) is 0. The third kappa shape index (κ3) is 15.8. The molecule has 0 fully saturated rings. The number of hydrogen-bond acceptors (Lipinski definition) is 5. The molecule has 0 aliphatic rings. The van der Waals surface area contributed by atoms with Gasteiger partial charge in [0.15, 0.2) is 0 Å². The lowest BCUT2D eigenvalue weighted by Gasteiger charge is -2.06. The standard InChI is InChI=1S/C12H27NO4/c1-14-8-6-13-5-3-4-7-16-11-12-17-10-9-15-2/h13H,3-12H2,1-2H3. The zero-order chi connectivity index (χ0) is 12.6. The molecule has 5 heteroatoms. The first-order valence-electron chi connectivity index (χ1n) is 6.26.